The Kier molecular flexibility index (Phi) is 0.947. The molecule has 0 saturated carbocycles. The molecule has 0 N–H and O–H groups in total. The molecule has 1 heterocycles. The fourth-order valence-electron chi connectivity index (χ4n) is 1.06. The lowest BCUT2D eigenvalue weighted by Crippen LogP contribution is -1.72. The van der Waals surface area contributed by atoms with Gasteiger partial charge in [0.1, 0.15) is 0 Å². The molecule has 0 saturated heterocycles. The molecule has 0 aliphatic rings. The van der Waals surface area contributed by atoms with Crippen LogP contribution in [0.15, 0.2) is 36.7 Å². The molecule has 0 bridgehead atoms. The first-order chi connectivity index (χ1) is 4.86. The van der Waals surface area contributed by atoms with E-state index < -0.39 is 0 Å². The number of hydrogen-bond acceptors (Lipinski definition) is 1. The van der Waals surface area contributed by atoms with Crippen LogP contribution < -0.4 is 0 Å². The molecule has 0 amide bonds. The lowest BCUT2D eigenvalue weighted by atomic mass is 10.2. The van der Waals surface area contributed by atoms with Gasteiger partial charge in [-0.3, -0.25) is 0 Å². The summed E-state index contributed by atoms with van der Waals surface area (Å²) in [5, 5.41) is 12.7. The van der Waals surface area contributed by atoms with Gasteiger partial charge in [-0.05, 0) is 10.8 Å². The van der Waals surface area contributed by atoms with Crippen molar-refractivity contribution in [3.05, 3.63) is 41.9 Å². The average Bonchev–Trinajstić information content (AvgIpc) is 2.27. The van der Waals surface area contributed by atoms with Crippen molar-refractivity contribution in [3.8, 4) is 0 Å². The van der Waals surface area contributed by atoms with E-state index in [1.807, 2.05) is 24.3 Å². The molecule has 0 aliphatic heterocycles. The van der Waals surface area contributed by atoms with Crippen molar-refractivity contribution in [2.75, 3.05) is 0 Å². The average molecular weight is 132 g/mol. The van der Waals surface area contributed by atoms with E-state index in [0.717, 1.165) is 15.5 Å². The van der Waals surface area contributed by atoms with Crippen LogP contribution in [0.3, 0.4) is 0 Å². The van der Waals surface area contributed by atoms with E-state index >= 15 is 0 Å². The van der Waals surface area contributed by atoms with Gasteiger partial charge >= 0.3 is 0 Å². The zero-order chi connectivity index (χ0) is 6.97. The number of benzene rings is 1. The first-order valence-electron chi connectivity index (χ1n) is 3.10. The van der Waals surface area contributed by atoms with Crippen molar-refractivity contribution in [1.29, 1.82) is 0 Å². The van der Waals surface area contributed by atoms with Gasteiger partial charge in [0.2, 0.25) is 0 Å². The summed E-state index contributed by atoms with van der Waals surface area (Å²) in [5.41, 5.74) is 0. The molecule has 2 rings (SSSR count). The van der Waals surface area contributed by atoms with Gasteiger partial charge in [-0.15, -0.1) is 0 Å². The number of rotatable bonds is 0. The molecule has 0 radical (unpaired) electrons. The normalized spacial score (nSPS) is 10.4. The molecule has 0 unspecified atom stereocenters. The van der Waals surface area contributed by atoms with E-state index in [1.54, 1.807) is 12.4 Å². The Hall–Kier alpha value is -1.44. The zero-order valence-corrected chi connectivity index (χ0v) is 5.32. The van der Waals surface area contributed by atoms with Crippen LogP contribution in [0.25, 0.3) is 10.8 Å². The van der Waals surface area contributed by atoms with Crippen LogP contribution in [0.1, 0.15) is 0 Å². The molecular formula is C8H6NO-. The minimum absolute atomic E-state index is 0.824. The smallest absolute Gasteiger partial charge is 0.00632 e. The molecule has 0 aliphatic carbocycles. The lowest BCUT2D eigenvalue weighted by molar-refractivity contribution is 1.11. The highest BCUT2D eigenvalue weighted by Gasteiger charge is 1.89. The molecule has 1 aromatic heterocycles. The molecule has 1 aromatic carbocycles. The second-order valence-corrected chi connectivity index (χ2v) is 2.25. The Morgan fingerprint density at radius 1 is 1.00 bits per heavy atom. The van der Waals surface area contributed by atoms with Gasteiger partial charge in [0, 0.05) is 12.4 Å². The number of hydrogen-bond donors (Lipinski definition) is 0. The maximum atomic E-state index is 10.7. The summed E-state index contributed by atoms with van der Waals surface area (Å²) in [4.78, 5) is 0. The van der Waals surface area contributed by atoms with Crippen molar-refractivity contribution in [2.45, 2.75) is 0 Å². The van der Waals surface area contributed by atoms with Crippen molar-refractivity contribution in [2.24, 2.45) is 0 Å². The summed E-state index contributed by atoms with van der Waals surface area (Å²) < 4.78 is 0.824. The van der Waals surface area contributed by atoms with E-state index in [2.05, 4.69) is 0 Å². The zero-order valence-electron chi connectivity index (χ0n) is 5.32. The van der Waals surface area contributed by atoms with Crippen molar-refractivity contribution < 1.29 is 0 Å². The Morgan fingerprint density at radius 2 is 1.50 bits per heavy atom. The van der Waals surface area contributed by atoms with Gasteiger partial charge in [-0.2, -0.15) is 0 Å². The van der Waals surface area contributed by atoms with Gasteiger partial charge < -0.3 is 9.94 Å². The van der Waals surface area contributed by atoms with Gasteiger partial charge in [-0.1, -0.05) is 24.3 Å². The summed E-state index contributed by atoms with van der Waals surface area (Å²) in [5.74, 6) is 0. The minimum atomic E-state index is 0.824. The maximum absolute atomic E-state index is 10.7. The highest BCUT2D eigenvalue weighted by molar-refractivity contribution is 5.82. The summed E-state index contributed by atoms with van der Waals surface area (Å²) >= 11 is 0. The third-order valence-electron chi connectivity index (χ3n) is 1.53. The largest absolute Gasteiger partial charge is 0.806 e. The monoisotopic (exact) mass is 132 g/mol. The Labute approximate surface area is 58.3 Å². The molecule has 2 heteroatoms. The fourth-order valence-corrected chi connectivity index (χ4v) is 1.06. The Balaban J connectivity index is 2.88. The van der Waals surface area contributed by atoms with Crippen LogP contribution in [-0.2, 0) is 0 Å². The van der Waals surface area contributed by atoms with Gasteiger partial charge in [0.25, 0.3) is 0 Å². The van der Waals surface area contributed by atoms with Crippen LogP contribution in [0.4, 0.5) is 0 Å². The van der Waals surface area contributed by atoms with E-state index in [0.29, 0.717) is 0 Å². The van der Waals surface area contributed by atoms with E-state index in [-0.39, 0.29) is 0 Å². The fraction of sp³-hybridized carbons (Fsp3) is 0. The number of aromatic nitrogens is 1. The third kappa shape index (κ3) is 0.658. The summed E-state index contributed by atoms with van der Waals surface area (Å²) in [6.45, 7) is 0. The number of fused-ring (bicyclic) bond motifs is 1. The molecular weight excluding hydrogens is 126 g/mol. The van der Waals surface area contributed by atoms with Gasteiger partial charge in [0.15, 0.2) is 0 Å². The van der Waals surface area contributed by atoms with Crippen LogP contribution >= 0.6 is 0 Å². The van der Waals surface area contributed by atoms with Gasteiger partial charge in [0.05, 0.1) is 0 Å². The van der Waals surface area contributed by atoms with Crippen LogP contribution in [0, 0.1) is 5.21 Å². The standard InChI is InChI=1S/C8H6NO/c10-9-5-7-3-1-2-4-8(7)6-9/h1-6H/q-1. The molecule has 0 spiro atoms. The maximum Gasteiger partial charge on any atom is 0.00632 e. The molecule has 0 fully saturated rings. The topological polar surface area (TPSA) is 28.0 Å². The molecule has 0 atom stereocenters. The second kappa shape index (κ2) is 1.77. The SMILES string of the molecule is [O-]n1cc2ccccc2c1. The van der Waals surface area contributed by atoms with Crippen molar-refractivity contribution in [1.82, 2.24) is 4.73 Å². The molecule has 10 heavy (non-hydrogen) atoms. The Bertz CT molecular complexity index is 318. The quantitative estimate of drug-likeness (QED) is 0.538. The van der Waals surface area contributed by atoms with Crippen LogP contribution in [0.5, 0.6) is 0 Å². The van der Waals surface area contributed by atoms with Crippen LogP contribution in [0.2, 0.25) is 0 Å². The lowest BCUT2D eigenvalue weighted by Gasteiger charge is -2.00. The first-order valence-corrected chi connectivity index (χ1v) is 3.10. The van der Waals surface area contributed by atoms with E-state index in [4.69, 9.17) is 0 Å². The highest BCUT2D eigenvalue weighted by Crippen LogP contribution is 2.12. The third-order valence-corrected chi connectivity index (χ3v) is 1.53. The van der Waals surface area contributed by atoms with E-state index in [1.165, 1.54) is 0 Å². The Morgan fingerprint density at radius 3 is 2.00 bits per heavy atom. The van der Waals surface area contributed by atoms with Gasteiger partial charge in [-0.25, -0.2) is 0 Å². The summed E-state index contributed by atoms with van der Waals surface area (Å²) in [7, 11) is 0. The van der Waals surface area contributed by atoms with Crippen LogP contribution in [-0.4, -0.2) is 4.73 Å². The number of nitrogens with zero attached hydrogens (tertiary/aromatic N) is 1. The van der Waals surface area contributed by atoms with E-state index in [9.17, 15) is 5.21 Å². The second-order valence-electron chi connectivity index (χ2n) is 2.25. The first kappa shape index (κ1) is 5.35. The summed E-state index contributed by atoms with van der Waals surface area (Å²) in [6.07, 6.45) is 3.13. The predicted molar refractivity (Wildman–Crippen MR) is 40.7 cm³/mol. The predicted octanol–water partition coefficient (Wildman–Crippen LogP) is 1.99. The molecule has 2 nitrogen and oxygen atoms in total. The van der Waals surface area contributed by atoms with Crippen molar-refractivity contribution >= 4 is 10.8 Å². The highest BCUT2D eigenvalue weighted by atomic mass is 16.5. The summed E-state index contributed by atoms with van der Waals surface area (Å²) in [6, 6.07) is 7.68. The molecule has 50 valence electrons. The minimum Gasteiger partial charge on any atom is -0.806 e. The van der Waals surface area contributed by atoms with Crippen molar-refractivity contribution in [3.63, 3.8) is 0 Å². The molecule has 2 aromatic rings.